The molecule has 0 bridgehead atoms. The lowest BCUT2D eigenvalue weighted by atomic mass is 10.1. The van der Waals surface area contributed by atoms with E-state index >= 15 is 0 Å². The van der Waals surface area contributed by atoms with Crippen LogP contribution in [0.1, 0.15) is 11.1 Å². The molecule has 0 aliphatic heterocycles. The lowest BCUT2D eigenvalue weighted by Gasteiger charge is -2.09. The standard InChI is InChI=1S/C18H19N3O/c1-22-13-14-6-5-9-17(10-14)19-11-16-12-20-21-18(16)15-7-3-2-4-8-15/h2-10,12,19H,11,13H2,1H3,(H,20,21). The Balaban J connectivity index is 1.73. The van der Waals surface area contributed by atoms with E-state index in [2.05, 4.69) is 45.8 Å². The molecular weight excluding hydrogens is 274 g/mol. The van der Waals surface area contributed by atoms with Crippen LogP contribution in [0.25, 0.3) is 11.3 Å². The van der Waals surface area contributed by atoms with E-state index in [1.165, 1.54) is 0 Å². The Morgan fingerprint density at radius 1 is 1.09 bits per heavy atom. The fourth-order valence-electron chi connectivity index (χ4n) is 2.43. The first-order valence-electron chi connectivity index (χ1n) is 7.26. The smallest absolute Gasteiger partial charge is 0.0713 e. The van der Waals surface area contributed by atoms with Gasteiger partial charge in [-0.2, -0.15) is 5.10 Å². The van der Waals surface area contributed by atoms with Crippen LogP contribution in [0.2, 0.25) is 0 Å². The van der Waals surface area contributed by atoms with Crippen molar-refractivity contribution in [3.8, 4) is 11.3 Å². The lowest BCUT2D eigenvalue weighted by Crippen LogP contribution is -2.00. The van der Waals surface area contributed by atoms with Crippen molar-refractivity contribution in [1.29, 1.82) is 0 Å². The van der Waals surface area contributed by atoms with Gasteiger partial charge in [0.15, 0.2) is 0 Å². The van der Waals surface area contributed by atoms with Gasteiger partial charge < -0.3 is 10.1 Å². The highest BCUT2D eigenvalue weighted by Gasteiger charge is 2.07. The highest BCUT2D eigenvalue weighted by molar-refractivity contribution is 5.63. The monoisotopic (exact) mass is 293 g/mol. The summed E-state index contributed by atoms with van der Waals surface area (Å²) in [6.07, 6.45) is 1.87. The molecule has 0 amide bonds. The van der Waals surface area contributed by atoms with Crippen molar-refractivity contribution in [2.45, 2.75) is 13.2 Å². The minimum atomic E-state index is 0.622. The molecule has 0 radical (unpaired) electrons. The quantitative estimate of drug-likeness (QED) is 0.726. The third kappa shape index (κ3) is 3.35. The van der Waals surface area contributed by atoms with Crippen LogP contribution in [0.15, 0.2) is 60.8 Å². The normalized spacial score (nSPS) is 10.6. The minimum Gasteiger partial charge on any atom is -0.381 e. The lowest BCUT2D eigenvalue weighted by molar-refractivity contribution is 0.185. The molecule has 0 unspecified atom stereocenters. The summed E-state index contributed by atoms with van der Waals surface area (Å²) >= 11 is 0. The van der Waals surface area contributed by atoms with E-state index in [0.29, 0.717) is 6.61 Å². The zero-order valence-corrected chi connectivity index (χ0v) is 12.5. The first-order valence-corrected chi connectivity index (χ1v) is 7.26. The summed E-state index contributed by atoms with van der Waals surface area (Å²) in [4.78, 5) is 0. The summed E-state index contributed by atoms with van der Waals surface area (Å²) in [5, 5.41) is 10.7. The fourth-order valence-corrected chi connectivity index (χ4v) is 2.43. The van der Waals surface area contributed by atoms with Crippen molar-refractivity contribution in [2.24, 2.45) is 0 Å². The molecule has 0 atom stereocenters. The Bertz CT molecular complexity index is 722. The van der Waals surface area contributed by atoms with Crippen LogP contribution < -0.4 is 5.32 Å². The van der Waals surface area contributed by atoms with Gasteiger partial charge >= 0.3 is 0 Å². The Kier molecular flexibility index (Phi) is 4.51. The zero-order chi connectivity index (χ0) is 15.2. The number of nitrogens with zero attached hydrogens (tertiary/aromatic N) is 1. The van der Waals surface area contributed by atoms with Crippen LogP contribution in [0, 0.1) is 0 Å². The van der Waals surface area contributed by atoms with Gasteiger partial charge in [-0.25, -0.2) is 0 Å². The molecule has 1 heterocycles. The fraction of sp³-hybridized carbons (Fsp3) is 0.167. The number of hydrogen-bond donors (Lipinski definition) is 2. The number of rotatable bonds is 6. The van der Waals surface area contributed by atoms with E-state index in [0.717, 1.165) is 34.6 Å². The first kappa shape index (κ1) is 14.4. The van der Waals surface area contributed by atoms with Gasteiger partial charge in [0.25, 0.3) is 0 Å². The van der Waals surface area contributed by atoms with Crippen molar-refractivity contribution in [2.75, 3.05) is 12.4 Å². The van der Waals surface area contributed by atoms with E-state index in [1.807, 2.05) is 30.5 Å². The van der Waals surface area contributed by atoms with Crippen LogP contribution in [0.5, 0.6) is 0 Å². The molecule has 2 N–H and O–H groups in total. The summed E-state index contributed by atoms with van der Waals surface area (Å²) < 4.78 is 5.17. The highest BCUT2D eigenvalue weighted by Crippen LogP contribution is 2.21. The van der Waals surface area contributed by atoms with E-state index in [1.54, 1.807) is 7.11 Å². The molecule has 112 valence electrons. The molecule has 0 spiro atoms. The Morgan fingerprint density at radius 2 is 1.95 bits per heavy atom. The van der Waals surface area contributed by atoms with Gasteiger partial charge in [-0.05, 0) is 23.3 Å². The van der Waals surface area contributed by atoms with Gasteiger partial charge in [-0.1, -0.05) is 42.5 Å². The Labute approximate surface area is 130 Å². The summed E-state index contributed by atoms with van der Waals surface area (Å²) in [5.41, 5.74) is 5.58. The molecule has 0 fully saturated rings. The molecule has 3 rings (SSSR count). The van der Waals surface area contributed by atoms with Crippen LogP contribution in [-0.4, -0.2) is 17.3 Å². The van der Waals surface area contributed by atoms with E-state index in [4.69, 9.17) is 4.74 Å². The van der Waals surface area contributed by atoms with Crippen LogP contribution in [-0.2, 0) is 17.9 Å². The second-order valence-corrected chi connectivity index (χ2v) is 5.12. The molecule has 0 aliphatic carbocycles. The van der Waals surface area contributed by atoms with Crippen molar-refractivity contribution in [3.63, 3.8) is 0 Å². The van der Waals surface area contributed by atoms with Crippen molar-refractivity contribution < 1.29 is 4.74 Å². The van der Waals surface area contributed by atoms with Gasteiger partial charge in [0.1, 0.15) is 0 Å². The second kappa shape index (κ2) is 6.91. The van der Waals surface area contributed by atoms with Crippen molar-refractivity contribution in [3.05, 3.63) is 71.9 Å². The average Bonchev–Trinajstić information content (AvgIpc) is 3.03. The van der Waals surface area contributed by atoms with Crippen LogP contribution in [0.3, 0.4) is 0 Å². The van der Waals surface area contributed by atoms with Gasteiger partial charge in [-0.3, -0.25) is 5.10 Å². The maximum Gasteiger partial charge on any atom is 0.0713 e. The SMILES string of the molecule is COCc1cccc(NCc2cn[nH]c2-c2ccccc2)c1. The largest absolute Gasteiger partial charge is 0.381 e. The first-order chi connectivity index (χ1) is 10.9. The molecule has 3 aromatic rings. The Morgan fingerprint density at radius 3 is 2.77 bits per heavy atom. The number of nitrogens with one attached hydrogen (secondary N) is 2. The van der Waals surface area contributed by atoms with E-state index in [9.17, 15) is 0 Å². The van der Waals surface area contributed by atoms with Crippen LogP contribution >= 0.6 is 0 Å². The summed E-state index contributed by atoms with van der Waals surface area (Å²) in [6, 6.07) is 18.5. The number of aromatic nitrogens is 2. The maximum atomic E-state index is 5.17. The van der Waals surface area contributed by atoms with Gasteiger partial charge in [0, 0.05) is 24.9 Å². The molecular formula is C18H19N3O. The number of aromatic amines is 1. The second-order valence-electron chi connectivity index (χ2n) is 5.12. The summed E-state index contributed by atoms with van der Waals surface area (Å²) in [5.74, 6) is 0. The third-order valence-electron chi connectivity index (χ3n) is 3.50. The highest BCUT2D eigenvalue weighted by atomic mass is 16.5. The van der Waals surface area contributed by atoms with Crippen LogP contribution in [0.4, 0.5) is 5.69 Å². The van der Waals surface area contributed by atoms with E-state index < -0.39 is 0 Å². The number of H-pyrrole nitrogens is 1. The molecule has 0 saturated carbocycles. The van der Waals surface area contributed by atoms with Crippen molar-refractivity contribution >= 4 is 5.69 Å². The topological polar surface area (TPSA) is 49.9 Å². The predicted molar refractivity (Wildman–Crippen MR) is 88.5 cm³/mol. The van der Waals surface area contributed by atoms with E-state index in [-0.39, 0.29) is 0 Å². The number of ether oxygens (including phenoxy) is 1. The molecule has 4 nitrogen and oxygen atoms in total. The molecule has 0 aliphatic rings. The maximum absolute atomic E-state index is 5.17. The predicted octanol–water partition coefficient (Wildman–Crippen LogP) is 3.84. The van der Waals surface area contributed by atoms with Crippen molar-refractivity contribution in [1.82, 2.24) is 10.2 Å². The number of methoxy groups -OCH3 is 1. The summed E-state index contributed by atoms with van der Waals surface area (Å²) in [6.45, 7) is 1.34. The zero-order valence-electron chi connectivity index (χ0n) is 12.5. The number of anilines is 1. The molecule has 1 aromatic heterocycles. The summed E-state index contributed by atoms with van der Waals surface area (Å²) in [7, 11) is 1.71. The van der Waals surface area contributed by atoms with Gasteiger partial charge in [0.2, 0.25) is 0 Å². The third-order valence-corrected chi connectivity index (χ3v) is 3.50. The minimum absolute atomic E-state index is 0.622. The molecule has 4 heteroatoms. The number of benzene rings is 2. The van der Waals surface area contributed by atoms with Gasteiger partial charge in [-0.15, -0.1) is 0 Å². The molecule has 2 aromatic carbocycles. The average molecular weight is 293 g/mol. The number of hydrogen-bond acceptors (Lipinski definition) is 3. The van der Waals surface area contributed by atoms with Gasteiger partial charge in [0.05, 0.1) is 18.5 Å². The Hall–Kier alpha value is -2.59. The molecule has 0 saturated heterocycles. The molecule has 22 heavy (non-hydrogen) atoms.